The molecule has 0 saturated heterocycles. The minimum atomic E-state index is 0.0973. The van der Waals surface area contributed by atoms with Crippen LogP contribution < -0.4 is 10.6 Å². The van der Waals surface area contributed by atoms with Gasteiger partial charge < -0.3 is 10.6 Å². The molecule has 0 spiro atoms. The van der Waals surface area contributed by atoms with Crippen molar-refractivity contribution in [1.82, 2.24) is 0 Å². The molecule has 0 heterocycles. The zero-order valence-electron chi connectivity index (χ0n) is 10.5. The minimum absolute atomic E-state index is 0.0973. The molecule has 0 saturated carbocycles. The van der Waals surface area contributed by atoms with E-state index in [0.29, 0.717) is 0 Å². The topological polar surface area (TPSA) is 53.1 Å². The number of nitrogens with one attached hydrogen (secondary N) is 1. The zero-order valence-corrected chi connectivity index (χ0v) is 12.0. The summed E-state index contributed by atoms with van der Waals surface area (Å²) in [5, 5.41) is 7.44. The van der Waals surface area contributed by atoms with Crippen molar-refractivity contribution in [3.05, 3.63) is 28.2 Å². The van der Waals surface area contributed by atoms with Gasteiger partial charge in [-0.25, -0.2) is 0 Å². The average molecular weight is 298 g/mol. The van der Waals surface area contributed by atoms with Crippen LogP contribution in [0.4, 0.5) is 5.69 Å². The summed E-state index contributed by atoms with van der Waals surface area (Å²) in [5.74, 6) is 0.0973. The molecule has 0 amide bonds. The zero-order chi connectivity index (χ0) is 12.8. The minimum Gasteiger partial charge on any atom is -0.384 e. The number of nitrogen functional groups attached to an aromatic ring is 1. The molecule has 1 aromatic carbocycles. The van der Waals surface area contributed by atoms with Crippen molar-refractivity contribution in [2.45, 2.75) is 26.7 Å². The summed E-state index contributed by atoms with van der Waals surface area (Å²) < 4.78 is 0.887. The Hall–Kier alpha value is -1.03. The molecule has 1 aromatic rings. The van der Waals surface area contributed by atoms with Gasteiger partial charge in [0.15, 0.2) is 0 Å². The van der Waals surface area contributed by atoms with Crippen molar-refractivity contribution in [3.63, 3.8) is 0 Å². The number of hydrogen-bond acceptors (Lipinski definition) is 2. The lowest BCUT2D eigenvalue weighted by molar-refractivity contribution is 0.732. The summed E-state index contributed by atoms with van der Waals surface area (Å²) in [6, 6.07) is 5.97. The van der Waals surface area contributed by atoms with E-state index in [1.807, 2.05) is 18.2 Å². The summed E-state index contributed by atoms with van der Waals surface area (Å²) in [6.07, 6.45) is 2.39. The molecule has 3 nitrogen and oxygen atoms in total. The second-order valence-electron chi connectivity index (χ2n) is 4.01. The summed E-state index contributed by atoms with van der Waals surface area (Å²) >= 11 is 3.47. The van der Waals surface area contributed by atoms with Crippen LogP contribution in [0.15, 0.2) is 22.7 Å². The standard InChI is InChI=1S/C13H20BrN3/c1-3-5-8-17(4-2)10-6-7-11(13(15)16)12(14)9-10/h6-7,9H,3-5,8H2,1-2H3,(H3,15,16). The van der Waals surface area contributed by atoms with E-state index in [9.17, 15) is 0 Å². The van der Waals surface area contributed by atoms with Gasteiger partial charge in [-0.3, -0.25) is 5.41 Å². The van der Waals surface area contributed by atoms with Crippen molar-refractivity contribution in [1.29, 1.82) is 5.41 Å². The number of amidine groups is 1. The first-order chi connectivity index (χ1) is 8.10. The van der Waals surface area contributed by atoms with E-state index in [1.165, 1.54) is 18.5 Å². The van der Waals surface area contributed by atoms with Gasteiger partial charge in [0.25, 0.3) is 0 Å². The lowest BCUT2D eigenvalue weighted by Gasteiger charge is -2.23. The number of rotatable bonds is 6. The monoisotopic (exact) mass is 297 g/mol. The highest BCUT2D eigenvalue weighted by Crippen LogP contribution is 2.24. The van der Waals surface area contributed by atoms with E-state index in [-0.39, 0.29) is 5.84 Å². The van der Waals surface area contributed by atoms with Crippen LogP contribution in [0.3, 0.4) is 0 Å². The Balaban J connectivity index is 2.90. The predicted octanol–water partition coefficient (Wildman–Crippen LogP) is 3.36. The van der Waals surface area contributed by atoms with Crippen molar-refractivity contribution in [3.8, 4) is 0 Å². The quantitative estimate of drug-likeness (QED) is 0.625. The maximum atomic E-state index is 7.44. The number of nitrogens with zero attached hydrogens (tertiary/aromatic N) is 1. The Bertz CT molecular complexity index is 390. The smallest absolute Gasteiger partial charge is 0.123 e. The largest absolute Gasteiger partial charge is 0.384 e. The van der Waals surface area contributed by atoms with Gasteiger partial charge in [-0.1, -0.05) is 13.3 Å². The first-order valence-electron chi connectivity index (χ1n) is 5.99. The lowest BCUT2D eigenvalue weighted by atomic mass is 10.1. The van der Waals surface area contributed by atoms with Gasteiger partial charge >= 0.3 is 0 Å². The van der Waals surface area contributed by atoms with Gasteiger partial charge in [0, 0.05) is 28.8 Å². The molecule has 0 aliphatic rings. The molecule has 94 valence electrons. The fraction of sp³-hybridized carbons (Fsp3) is 0.462. The number of nitrogens with two attached hydrogens (primary N) is 1. The maximum absolute atomic E-state index is 7.44. The summed E-state index contributed by atoms with van der Waals surface area (Å²) in [4.78, 5) is 2.33. The van der Waals surface area contributed by atoms with Crippen molar-refractivity contribution in [2.75, 3.05) is 18.0 Å². The molecule has 0 bridgehead atoms. The number of benzene rings is 1. The number of unbranched alkanes of at least 4 members (excludes halogenated alkanes) is 1. The maximum Gasteiger partial charge on any atom is 0.123 e. The summed E-state index contributed by atoms with van der Waals surface area (Å²) in [6.45, 7) is 6.41. The number of hydrogen-bond donors (Lipinski definition) is 2. The highest BCUT2D eigenvalue weighted by molar-refractivity contribution is 9.10. The summed E-state index contributed by atoms with van der Waals surface area (Å²) in [7, 11) is 0. The van der Waals surface area contributed by atoms with Crippen LogP contribution >= 0.6 is 15.9 Å². The van der Waals surface area contributed by atoms with Gasteiger partial charge in [-0.15, -0.1) is 0 Å². The molecule has 0 aromatic heterocycles. The van der Waals surface area contributed by atoms with E-state index >= 15 is 0 Å². The molecular formula is C13H20BrN3. The van der Waals surface area contributed by atoms with Crippen molar-refractivity contribution >= 4 is 27.5 Å². The fourth-order valence-corrected chi connectivity index (χ4v) is 2.32. The van der Waals surface area contributed by atoms with Gasteiger partial charge in [-0.05, 0) is 47.5 Å². The van der Waals surface area contributed by atoms with Gasteiger partial charge in [-0.2, -0.15) is 0 Å². The molecule has 0 fully saturated rings. The van der Waals surface area contributed by atoms with E-state index in [0.717, 1.165) is 23.1 Å². The lowest BCUT2D eigenvalue weighted by Crippen LogP contribution is -2.24. The van der Waals surface area contributed by atoms with Crippen LogP contribution in [-0.2, 0) is 0 Å². The summed E-state index contributed by atoms with van der Waals surface area (Å²) in [5.41, 5.74) is 7.42. The average Bonchev–Trinajstić information content (AvgIpc) is 2.29. The Morgan fingerprint density at radius 2 is 2.12 bits per heavy atom. The number of anilines is 1. The highest BCUT2D eigenvalue weighted by Gasteiger charge is 2.08. The molecule has 0 unspecified atom stereocenters. The van der Waals surface area contributed by atoms with E-state index < -0.39 is 0 Å². The molecule has 4 heteroatoms. The van der Waals surface area contributed by atoms with Crippen LogP contribution in [0, 0.1) is 5.41 Å². The van der Waals surface area contributed by atoms with E-state index in [4.69, 9.17) is 11.1 Å². The van der Waals surface area contributed by atoms with E-state index in [1.54, 1.807) is 0 Å². The van der Waals surface area contributed by atoms with Crippen LogP contribution in [0.5, 0.6) is 0 Å². The first kappa shape index (κ1) is 14.0. The molecular weight excluding hydrogens is 278 g/mol. The molecule has 0 aliphatic carbocycles. The third-order valence-electron chi connectivity index (χ3n) is 2.77. The third-order valence-corrected chi connectivity index (χ3v) is 3.43. The van der Waals surface area contributed by atoms with Gasteiger partial charge in [0.1, 0.15) is 5.84 Å². The first-order valence-corrected chi connectivity index (χ1v) is 6.78. The van der Waals surface area contributed by atoms with Crippen LogP contribution in [-0.4, -0.2) is 18.9 Å². The third kappa shape index (κ3) is 3.73. The van der Waals surface area contributed by atoms with Crippen molar-refractivity contribution < 1.29 is 0 Å². The van der Waals surface area contributed by atoms with Gasteiger partial charge in [0.05, 0.1) is 0 Å². The van der Waals surface area contributed by atoms with Crippen molar-refractivity contribution in [2.24, 2.45) is 5.73 Å². The van der Waals surface area contributed by atoms with Crippen LogP contribution in [0.25, 0.3) is 0 Å². The van der Waals surface area contributed by atoms with Crippen LogP contribution in [0.2, 0.25) is 0 Å². The molecule has 0 atom stereocenters. The molecule has 1 rings (SSSR count). The normalized spacial score (nSPS) is 10.3. The van der Waals surface area contributed by atoms with E-state index in [2.05, 4.69) is 34.7 Å². The molecule has 17 heavy (non-hydrogen) atoms. The highest BCUT2D eigenvalue weighted by atomic mass is 79.9. The molecule has 3 N–H and O–H groups in total. The second-order valence-corrected chi connectivity index (χ2v) is 4.87. The van der Waals surface area contributed by atoms with Gasteiger partial charge in [0.2, 0.25) is 0 Å². The van der Waals surface area contributed by atoms with Crippen LogP contribution in [0.1, 0.15) is 32.3 Å². The molecule has 0 radical (unpaired) electrons. The number of halogens is 1. The Kier molecular flexibility index (Phi) is 5.48. The SMILES string of the molecule is CCCCN(CC)c1ccc(C(=N)N)c(Br)c1. The predicted molar refractivity (Wildman–Crippen MR) is 78.0 cm³/mol. The Labute approximate surface area is 112 Å². The second kappa shape index (κ2) is 6.64. The molecule has 0 aliphatic heterocycles. The fourth-order valence-electron chi connectivity index (χ4n) is 1.74. The Morgan fingerprint density at radius 3 is 2.59 bits per heavy atom. The Morgan fingerprint density at radius 1 is 1.41 bits per heavy atom.